The molecule has 0 spiro atoms. The molecule has 3 atom stereocenters. The van der Waals surface area contributed by atoms with E-state index in [1.165, 1.54) is 6.20 Å². The Hall–Kier alpha value is -4.65. The first-order valence-corrected chi connectivity index (χ1v) is 11.9. The number of methoxy groups -OCH3 is 2. The van der Waals surface area contributed by atoms with Crippen LogP contribution in [-0.2, 0) is 16.0 Å². The van der Waals surface area contributed by atoms with Crippen molar-refractivity contribution in [2.24, 2.45) is 0 Å². The lowest BCUT2D eigenvalue weighted by Gasteiger charge is -2.35. The minimum Gasteiger partial charge on any atom is -0.493 e. The Bertz CT molecular complexity index is 1510. The molecule has 4 amide bonds. The van der Waals surface area contributed by atoms with Gasteiger partial charge in [-0.25, -0.2) is 9.69 Å². The van der Waals surface area contributed by atoms with Gasteiger partial charge in [0.05, 0.1) is 32.7 Å². The zero-order valence-corrected chi connectivity index (χ0v) is 20.2. The summed E-state index contributed by atoms with van der Waals surface area (Å²) in [6.45, 7) is 7.78. The Morgan fingerprint density at radius 3 is 2.59 bits per heavy atom. The maximum Gasteiger partial charge on any atom is 0.332 e. The molecule has 10 heteroatoms. The molecule has 3 aliphatic rings. The van der Waals surface area contributed by atoms with Gasteiger partial charge < -0.3 is 24.1 Å². The molecule has 10 nitrogen and oxygen atoms in total. The molecule has 0 aliphatic carbocycles. The zero-order valence-electron chi connectivity index (χ0n) is 20.2. The van der Waals surface area contributed by atoms with Crippen LogP contribution in [0.25, 0.3) is 15.6 Å². The number of carbonyl (C=O) groups is 3. The van der Waals surface area contributed by atoms with Crippen LogP contribution >= 0.6 is 0 Å². The summed E-state index contributed by atoms with van der Waals surface area (Å²) in [5.74, 6) is 0.858. The summed E-state index contributed by atoms with van der Waals surface area (Å²) in [6.07, 6.45) is 2.13. The van der Waals surface area contributed by atoms with Gasteiger partial charge in [0.2, 0.25) is 5.91 Å². The van der Waals surface area contributed by atoms with E-state index >= 15 is 0 Å². The second kappa shape index (κ2) is 8.48. The van der Waals surface area contributed by atoms with Crippen LogP contribution in [-0.4, -0.2) is 71.5 Å². The molecule has 3 aromatic rings. The average Bonchev–Trinajstić information content (AvgIpc) is 3.59. The van der Waals surface area contributed by atoms with Crippen molar-refractivity contribution >= 4 is 40.1 Å². The number of amides is 4. The largest absolute Gasteiger partial charge is 0.493 e. The number of benzene rings is 2. The Balaban J connectivity index is 1.27. The molecule has 0 radical (unpaired) electrons. The van der Waals surface area contributed by atoms with Crippen molar-refractivity contribution in [3.05, 3.63) is 65.6 Å². The Morgan fingerprint density at radius 2 is 1.86 bits per heavy atom. The van der Waals surface area contributed by atoms with E-state index in [9.17, 15) is 14.4 Å². The highest BCUT2D eigenvalue weighted by atomic mass is 16.5. The number of carbonyl (C=O) groups excluding carboxylic acids is 3. The number of pyridine rings is 1. The van der Waals surface area contributed by atoms with Gasteiger partial charge in [-0.05, 0) is 24.1 Å². The van der Waals surface area contributed by atoms with Crippen LogP contribution in [0, 0.1) is 6.57 Å². The summed E-state index contributed by atoms with van der Waals surface area (Å²) >= 11 is 0. The van der Waals surface area contributed by atoms with Crippen LogP contribution in [0.2, 0.25) is 0 Å². The van der Waals surface area contributed by atoms with Crippen LogP contribution in [0.15, 0.2) is 48.7 Å². The highest BCUT2D eigenvalue weighted by Crippen LogP contribution is 2.44. The van der Waals surface area contributed by atoms with E-state index in [1.54, 1.807) is 60.4 Å². The zero-order chi connectivity index (χ0) is 25.8. The lowest BCUT2D eigenvalue weighted by molar-refractivity contribution is -0.135. The number of aromatic nitrogens is 1. The van der Waals surface area contributed by atoms with E-state index in [-0.39, 0.29) is 36.1 Å². The van der Waals surface area contributed by atoms with Gasteiger partial charge in [0, 0.05) is 17.3 Å². The fourth-order valence-electron chi connectivity index (χ4n) is 5.86. The Labute approximate surface area is 212 Å². The van der Waals surface area contributed by atoms with Crippen molar-refractivity contribution in [2.75, 3.05) is 25.7 Å². The number of nitrogens with zero attached hydrogens (tertiary/aromatic N) is 5. The van der Waals surface area contributed by atoms with E-state index in [0.29, 0.717) is 40.9 Å². The van der Waals surface area contributed by atoms with Gasteiger partial charge in [0.25, 0.3) is 11.7 Å². The molecule has 2 aromatic carbocycles. The first-order chi connectivity index (χ1) is 18.0. The summed E-state index contributed by atoms with van der Waals surface area (Å²) < 4.78 is 10.6. The highest BCUT2D eigenvalue weighted by Gasteiger charge is 2.63. The summed E-state index contributed by atoms with van der Waals surface area (Å²) in [5.41, 5.74) is 1.13. The predicted octanol–water partition coefficient (Wildman–Crippen LogP) is 3.17. The van der Waals surface area contributed by atoms with E-state index in [0.717, 1.165) is 10.5 Å². The van der Waals surface area contributed by atoms with Crippen LogP contribution in [0.5, 0.6) is 11.5 Å². The van der Waals surface area contributed by atoms with Crippen molar-refractivity contribution in [3.63, 3.8) is 0 Å². The molecular formula is C27H23N5O5. The van der Waals surface area contributed by atoms with Crippen molar-refractivity contribution in [2.45, 2.75) is 31.0 Å². The quantitative estimate of drug-likeness (QED) is 0.397. The molecule has 6 rings (SSSR count). The van der Waals surface area contributed by atoms with E-state index < -0.39 is 12.1 Å². The summed E-state index contributed by atoms with van der Waals surface area (Å²) in [5, 5.41) is 1.19. The summed E-state index contributed by atoms with van der Waals surface area (Å²) in [6, 6.07) is 10.7. The van der Waals surface area contributed by atoms with Gasteiger partial charge in [-0.3, -0.25) is 9.59 Å². The summed E-state index contributed by atoms with van der Waals surface area (Å²) in [4.78, 5) is 52.7. The number of fused-ring (bicyclic) bond motifs is 6. The molecule has 186 valence electrons. The van der Waals surface area contributed by atoms with Crippen LogP contribution < -0.4 is 14.4 Å². The lowest BCUT2D eigenvalue weighted by atomic mass is 10.1. The molecule has 2 bridgehead atoms. The SMILES string of the molecule is [C-]#[N+]c1ncc(N2C(=O)[C@H]3C4CC(CN4C(=O)Cc4ccc(OC)c(OC)c4)N3C2=O)c2ccccc12. The standard InChI is InChI=1S/C27H23N5O5/c1-28-25-18-7-5-4-6-17(18)20(13-29-25)32-26(34)24-19-12-16(31(24)27(32)35)14-30(19)23(33)11-15-8-9-21(36-2)22(10-15)37-3/h4-10,13,16,19,24H,11-12,14H2,2-3H3/t16?,19?,24-/m1/s1. The molecule has 3 aliphatic heterocycles. The number of likely N-dealkylation sites (tertiary alicyclic amines) is 1. The minimum atomic E-state index is -0.736. The number of hydrogen-bond acceptors (Lipinski definition) is 6. The molecule has 2 unspecified atom stereocenters. The number of hydrogen-bond donors (Lipinski definition) is 0. The molecule has 0 N–H and O–H groups in total. The van der Waals surface area contributed by atoms with Gasteiger partial charge in [0.1, 0.15) is 17.9 Å². The third kappa shape index (κ3) is 3.31. The molecule has 0 saturated carbocycles. The molecular weight excluding hydrogens is 474 g/mol. The van der Waals surface area contributed by atoms with Crippen molar-refractivity contribution in [3.8, 4) is 11.5 Å². The normalized spacial score (nSPS) is 22.0. The van der Waals surface area contributed by atoms with Crippen molar-refractivity contribution < 1.29 is 23.9 Å². The monoisotopic (exact) mass is 497 g/mol. The van der Waals surface area contributed by atoms with Gasteiger partial charge >= 0.3 is 6.03 Å². The fraction of sp³-hybridized carbons (Fsp3) is 0.296. The average molecular weight is 498 g/mol. The Morgan fingerprint density at radius 1 is 1.11 bits per heavy atom. The first-order valence-electron chi connectivity index (χ1n) is 11.9. The molecule has 3 fully saturated rings. The van der Waals surface area contributed by atoms with Gasteiger partial charge in [0.15, 0.2) is 11.5 Å². The number of ether oxygens (including phenoxy) is 2. The first kappa shape index (κ1) is 22.8. The second-order valence-corrected chi connectivity index (χ2v) is 9.30. The van der Waals surface area contributed by atoms with Crippen LogP contribution in [0.1, 0.15) is 12.0 Å². The molecule has 3 saturated heterocycles. The number of imide groups is 1. The van der Waals surface area contributed by atoms with Crippen molar-refractivity contribution in [1.82, 2.24) is 14.8 Å². The fourth-order valence-corrected chi connectivity index (χ4v) is 5.86. The summed E-state index contributed by atoms with van der Waals surface area (Å²) in [7, 11) is 3.09. The van der Waals surface area contributed by atoms with Crippen LogP contribution in [0.3, 0.4) is 0 Å². The second-order valence-electron chi connectivity index (χ2n) is 9.30. The van der Waals surface area contributed by atoms with Gasteiger partial charge in [-0.15, -0.1) is 4.98 Å². The van der Waals surface area contributed by atoms with Gasteiger partial charge in [-0.1, -0.05) is 36.9 Å². The lowest BCUT2D eigenvalue weighted by Crippen LogP contribution is -2.55. The third-order valence-corrected chi connectivity index (χ3v) is 7.49. The van der Waals surface area contributed by atoms with Crippen LogP contribution in [0.4, 0.5) is 16.3 Å². The molecule has 4 heterocycles. The Kier molecular flexibility index (Phi) is 5.22. The topological polar surface area (TPSA) is 96.6 Å². The predicted molar refractivity (Wildman–Crippen MR) is 134 cm³/mol. The van der Waals surface area contributed by atoms with E-state index in [4.69, 9.17) is 16.0 Å². The van der Waals surface area contributed by atoms with E-state index in [2.05, 4.69) is 9.83 Å². The number of rotatable bonds is 5. The minimum absolute atomic E-state index is 0.105. The number of anilines is 1. The van der Waals surface area contributed by atoms with Crippen molar-refractivity contribution in [1.29, 1.82) is 0 Å². The number of urea groups is 1. The molecule has 1 aromatic heterocycles. The maximum atomic E-state index is 13.7. The maximum absolute atomic E-state index is 13.7. The molecule has 37 heavy (non-hydrogen) atoms. The smallest absolute Gasteiger partial charge is 0.332 e. The number of piperazine rings is 1. The third-order valence-electron chi connectivity index (χ3n) is 7.49. The van der Waals surface area contributed by atoms with Gasteiger partial charge in [-0.2, -0.15) is 0 Å². The highest BCUT2D eigenvalue weighted by molar-refractivity contribution is 6.25. The van der Waals surface area contributed by atoms with E-state index in [1.807, 2.05) is 6.07 Å².